The minimum absolute atomic E-state index is 0. The van der Waals surface area contributed by atoms with Crippen molar-refractivity contribution in [3.05, 3.63) is 0 Å². The van der Waals surface area contributed by atoms with Gasteiger partial charge < -0.3 is 31.1 Å². The van der Waals surface area contributed by atoms with Gasteiger partial charge >= 0.3 is 42.5 Å². The second-order valence-electron chi connectivity index (χ2n) is 0.513. The Balaban J connectivity index is -0.00000000800. The molecule has 2 radical (unpaired) electrons. The summed E-state index contributed by atoms with van der Waals surface area (Å²) in [5.41, 5.74) is 0. The van der Waals surface area contributed by atoms with Crippen molar-refractivity contribution < 1.29 is 70.4 Å². The number of phosphoric acid groups is 1. The molecule has 7 nitrogen and oxygen atoms in total. The zero-order chi connectivity index (χ0) is 4.50. The summed E-state index contributed by atoms with van der Waals surface area (Å²) in [6, 6.07) is 0. The predicted octanol–water partition coefficient (Wildman–Crippen LogP) is -1.29. The van der Waals surface area contributed by atoms with Crippen LogP contribution in [0.1, 0.15) is 0 Å². The SMILES string of the molecule is O=P(O)(O)O.[Cr+3].[Cr+3].[O-2].[O-2].[O-2]. The van der Waals surface area contributed by atoms with E-state index in [1.807, 2.05) is 0 Å². The second kappa shape index (κ2) is 16.6. The minimum atomic E-state index is -4.64. The van der Waals surface area contributed by atoms with Gasteiger partial charge in [0.15, 0.2) is 0 Å². The fourth-order valence-electron chi connectivity index (χ4n) is 0. The molecular formula is H3Cr2O7P. The Kier molecular flexibility index (Phi) is 72.5. The van der Waals surface area contributed by atoms with E-state index in [4.69, 9.17) is 19.2 Å². The maximum Gasteiger partial charge on any atom is 3.00 e. The van der Waals surface area contributed by atoms with Crippen molar-refractivity contribution in [3.63, 3.8) is 0 Å². The fourth-order valence-corrected chi connectivity index (χ4v) is 0. The Bertz CT molecular complexity index is 57.7. The fraction of sp³-hybridized carbons (Fsp3) is 0. The smallest absolute Gasteiger partial charge is 2.00 e. The molecule has 10 heavy (non-hydrogen) atoms. The van der Waals surface area contributed by atoms with Gasteiger partial charge in [-0.25, -0.2) is 4.57 Å². The van der Waals surface area contributed by atoms with Gasteiger partial charge in [0, 0.05) is 0 Å². The van der Waals surface area contributed by atoms with Crippen molar-refractivity contribution in [2.75, 3.05) is 0 Å². The van der Waals surface area contributed by atoms with E-state index in [1.54, 1.807) is 0 Å². The van der Waals surface area contributed by atoms with E-state index >= 15 is 0 Å². The van der Waals surface area contributed by atoms with Crippen molar-refractivity contribution in [3.8, 4) is 0 Å². The molecule has 0 unspecified atom stereocenters. The van der Waals surface area contributed by atoms with Gasteiger partial charge in [-0.15, -0.1) is 0 Å². The quantitative estimate of drug-likeness (QED) is 0.455. The third kappa shape index (κ3) is 528. The topological polar surface area (TPSA) is 163 Å². The molecule has 0 heterocycles. The molecule has 0 amide bonds. The Hall–Kier alpha value is 1.05. The van der Waals surface area contributed by atoms with Gasteiger partial charge in [-0.1, -0.05) is 0 Å². The third-order valence-electron chi connectivity index (χ3n) is 0. The summed E-state index contributed by atoms with van der Waals surface area (Å²) >= 11 is 0. The first-order chi connectivity index (χ1) is 2.00. The van der Waals surface area contributed by atoms with Crippen LogP contribution in [0.3, 0.4) is 0 Å². The molecule has 0 saturated carbocycles. The molecule has 0 fully saturated rings. The first-order valence-corrected chi connectivity index (χ1v) is 2.35. The van der Waals surface area contributed by atoms with Crippen molar-refractivity contribution in [1.82, 2.24) is 0 Å². The van der Waals surface area contributed by atoms with Crippen LogP contribution in [0.5, 0.6) is 0 Å². The van der Waals surface area contributed by atoms with E-state index in [-0.39, 0.29) is 51.2 Å². The summed E-state index contributed by atoms with van der Waals surface area (Å²) in [5, 5.41) is 0. The van der Waals surface area contributed by atoms with Crippen LogP contribution >= 0.6 is 7.82 Å². The molecule has 3 N–H and O–H groups in total. The van der Waals surface area contributed by atoms with Crippen LogP contribution < -0.4 is 0 Å². The van der Waals surface area contributed by atoms with Gasteiger partial charge in [-0.05, 0) is 0 Å². The molecule has 62 valence electrons. The van der Waals surface area contributed by atoms with Gasteiger partial charge in [-0.3, -0.25) is 0 Å². The van der Waals surface area contributed by atoms with Crippen LogP contribution in [-0.2, 0) is 55.7 Å². The zero-order valence-corrected chi connectivity index (χ0v) is 7.68. The second-order valence-corrected chi connectivity index (χ2v) is 1.54. The first-order valence-electron chi connectivity index (χ1n) is 0.783. The average Bonchev–Trinajstić information content (AvgIpc) is 0.722. The number of rotatable bonds is 0. The van der Waals surface area contributed by atoms with Crippen LogP contribution in [0, 0.1) is 0 Å². The van der Waals surface area contributed by atoms with E-state index in [0.717, 1.165) is 0 Å². The zero-order valence-electron chi connectivity index (χ0n) is 4.24. The van der Waals surface area contributed by atoms with Crippen LogP contribution in [0.25, 0.3) is 0 Å². The van der Waals surface area contributed by atoms with Crippen LogP contribution in [0.15, 0.2) is 0 Å². The normalized spacial score (nSPS) is 5.90. The van der Waals surface area contributed by atoms with Crippen LogP contribution in [0.4, 0.5) is 0 Å². The Morgan fingerprint density at radius 3 is 0.800 bits per heavy atom. The van der Waals surface area contributed by atoms with Crippen molar-refractivity contribution in [2.24, 2.45) is 0 Å². The van der Waals surface area contributed by atoms with Crippen molar-refractivity contribution in [2.45, 2.75) is 0 Å². The first kappa shape index (κ1) is 43.7. The van der Waals surface area contributed by atoms with Crippen molar-refractivity contribution in [1.29, 1.82) is 0 Å². The molecule has 10 heteroatoms. The largest absolute Gasteiger partial charge is 3.00 e. The summed E-state index contributed by atoms with van der Waals surface area (Å²) in [6.45, 7) is 0. The van der Waals surface area contributed by atoms with Crippen LogP contribution in [0.2, 0.25) is 0 Å². The monoisotopic (exact) mass is 250 g/mol. The van der Waals surface area contributed by atoms with E-state index in [9.17, 15) is 0 Å². The molecule has 0 atom stereocenters. The van der Waals surface area contributed by atoms with Gasteiger partial charge in [0.2, 0.25) is 0 Å². The summed E-state index contributed by atoms with van der Waals surface area (Å²) < 4.78 is 8.88. The molecule has 0 aliphatic rings. The maximum atomic E-state index is 8.88. The molecule has 0 aromatic rings. The Morgan fingerprint density at radius 2 is 0.800 bits per heavy atom. The molecule has 0 spiro atoms. The van der Waals surface area contributed by atoms with Gasteiger partial charge in [-0.2, -0.15) is 0 Å². The van der Waals surface area contributed by atoms with E-state index in [2.05, 4.69) is 0 Å². The minimum Gasteiger partial charge on any atom is -2.00 e. The van der Waals surface area contributed by atoms with Crippen LogP contribution in [-0.4, -0.2) is 14.7 Å². The molecule has 0 bridgehead atoms. The van der Waals surface area contributed by atoms with Crippen molar-refractivity contribution >= 4 is 7.82 Å². The molecule has 0 rings (SSSR count). The Morgan fingerprint density at radius 1 is 0.800 bits per heavy atom. The van der Waals surface area contributed by atoms with Gasteiger partial charge in [0.25, 0.3) is 0 Å². The van der Waals surface area contributed by atoms with E-state index < -0.39 is 7.82 Å². The molecular weight excluding hydrogens is 247 g/mol. The molecule has 0 aromatic carbocycles. The number of hydrogen-bond donors (Lipinski definition) is 3. The molecule has 0 aromatic heterocycles. The average molecular weight is 250 g/mol. The molecule has 0 saturated heterocycles. The summed E-state index contributed by atoms with van der Waals surface area (Å²) in [5.74, 6) is 0. The molecule has 0 aliphatic carbocycles. The summed E-state index contributed by atoms with van der Waals surface area (Å²) in [7, 11) is -4.64. The molecule has 0 aliphatic heterocycles. The third-order valence-corrected chi connectivity index (χ3v) is 0. The van der Waals surface area contributed by atoms with E-state index in [0.29, 0.717) is 0 Å². The standard InChI is InChI=1S/2Cr.H3O4P.3O/c;;1-5(2,3)4;;;/h;;(H3,1,2,3,4);;;/q2*+3;;3*-2. The van der Waals surface area contributed by atoms with Gasteiger partial charge in [0.1, 0.15) is 0 Å². The Labute approximate surface area is 78.5 Å². The summed E-state index contributed by atoms with van der Waals surface area (Å²) in [4.78, 5) is 21.6. The number of hydrogen-bond acceptors (Lipinski definition) is 1. The van der Waals surface area contributed by atoms with E-state index in [1.165, 1.54) is 0 Å². The van der Waals surface area contributed by atoms with Gasteiger partial charge in [0.05, 0.1) is 0 Å². The summed E-state index contributed by atoms with van der Waals surface area (Å²) in [6.07, 6.45) is 0. The maximum absolute atomic E-state index is 8.88. The predicted molar refractivity (Wildman–Crippen MR) is 16.3 cm³/mol.